The molecule has 240 valence electrons. The van der Waals surface area contributed by atoms with E-state index in [-0.39, 0.29) is 37.1 Å². The van der Waals surface area contributed by atoms with Crippen LogP contribution in [0.15, 0.2) is 83.1 Å². The summed E-state index contributed by atoms with van der Waals surface area (Å²) in [4.78, 5) is 17.2. The minimum absolute atomic E-state index is 0.0308. The number of aliphatic hydroxyl groups excluding tert-OH is 1. The number of aryl methyl sites for hydroxylation is 2. The molecule has 0 unspecified atom stereocenters. The monoisotopic (exact) mass is 652 g/mol. The lowest BCUT2D eigenvalue weighted by molar-refractivity contribution is 0.0467. The van der Waals surface area contributed by atoms with Crippen LogP contribution in [-0.4, -0.2) is 60.9 Å². The summed E-state index contributed by atoms with van der Waals surface area (Å²) in [6.45, 7) is 7.19. The molecule has 45 heavy (non-hydrogen) atoms. The molecule has 4 aromatic rings. The highest BCUT2D eigenvalue weighted by Gasteiger charge is 2.31. The van der Waals surface area contributed by atoms with E-state index in [2.05, 4.69) is 10.3 Å². The maximum Gasteiger partial charge on any atom is 0.410 e. The van der Waals surface area contributed by atoms with Crippen molar-refractivity contribution in [2.45, 2.75) is 51.2 Å². The van der Waals surface area contributed by atoms with Crippen LogP contribution in [0.5, 0.6) is 5.75 Å². The number of thiazole rings is 1. The lowest BCUT2D eigenvalue weighted by atomic mass is 10.0. The first-order chi connectivity index (χ1) is 21.4. The SMILES string of the molecule is Cc1cccc(C)c1OCOC(=O)N[C@@H](Cc1ccccc1)[C@@H](O)CN(CC(C)C)S(=O)(=O)c1ccc(-c2csc(N)n2)cc1. The Bertz CT molecular complexity index is 1640. The Balaban J connectivity index is 1.50. The van der Waals surface area contributed by atoms with E-state index in [1.54, 1.807) is 17.5 Å². The smallest absolute Gasteiger partial charge is 0.410 e. The molecule has 3 aromatic carbocycles. The number of ether oxygens (including phenoxy) is 2. The maximum atomic E-state index is 13.8. The number of carbonyl (C=O) groups excluding carboxylic acids is 1. The predicted molar refractivity (Wildman–Crippen MR) is 177 cm³/mol. The number of carbonyl (C=O) groups is 1. The second-order valence-electron chi connectivity index (χ2n) is 11.2. The normalized spacial score (nSPS) is 13.0. The Morgan fingerprint density at radius 1 is 1.00 bits per heavy atom. The molecule has 0 radical (unpaired) electrons. The van der Waals surface area contributed by atoms with Gasteiger partial charge in [0.1, 0.15) is 5.75 Å². The Hall–Kier alpha value is -3.97. The fourth-order valence-corrected chi connectivity index (χ4v) is 7.09. The van der Waals surface area contributed by atoms with Gasteiger partial charge in [-0.2, -0.15) is 4.31 Å². The van der Waals surface area contributed by atoms with Gasteiger partial charge in [-0.25, -0.2) is 18.2 Å². The first-order valence-corrected chi connectivity index (χ1v) is 16.9. The quantitative estimate of drug-likeness (QED) is 0.154. The van der Waals surface area contributed by atoms with Crippen molar-refractivity contribution in [3.8, 4) is 17.0 Å². The van der Waals surface area contributed by atoms with Crippen LogP contribution in [0.1, 0.15) is 30.5 Å². The molecular weight excluding hydrogens is 613 g/mol. The van der Waals surface area contributed by atoms with Gasteiger partial charge in [0.15, 0.2) is 5.13 Å². The molecule has 4 N–H and O–H groups in total. The number of amides is 1. The molecule has 0 bridgehead atoms. The molecule has 0 saturated heterocycles. The predicted octanol–water partition coefficient (Wildman–Crippen LogP) is 5.39. The zero-order chi connectivity index (χ0) is 32.6. The molecule has 0 saturated carbocycles. The number of nitrogens with one attached hydrogen (secondary N) is 1. The maximum absolute atomic E-state index is 13.8. The number of aliphatic hydroxyl groups is 1. The Labute approximate surface area is 268 Å². The molecule has 0 aliphatic carbocycles. The molecule has 1 aromatic heterocycles. The fraction of sp³-hybridized carbons (Fsp3) is 0.333. The number of benzene rings is 3. The van der Waals surface area contributed by atoms with Gasteiger partial charge in [0.05, 0.1) is 22.7 Å². The van der Waals surface area contributed by atoms with Crippen LogP contribution in [0, 0.1) is 19.8 Å². The molecule has 1 amide bonds. The highest BCUT2D eigenvalue weighted by Crippen LogP contribution is 2.26. The van der Waals surface area contributed by atoms with E-state index in [1.807, 2.05) is 76.2 Å². The molecule has 0 fully saturated rings. The number of nitrogen functional groups attached to an aromatic ring is 1. The van der Waals surface area contributed by atoms with E-state index in [0.717, 1.165) is 22.3 Å². The summed E-state index contributed by atoms with van der Waals surface area (Å²) in [6, 6.07) is 20.6. The topological polar surface area (TPSA) is 144 Å². The zero-order valence-corrected chi connectivity index (χ0v) is 27.5. The molecule has 1 heterocycles. The minimum Gasteiger partial charge on any atom is -0.457 e. The number of rotatable bonds is 14. The number of nitrogens with zero attached hydrogens (tertiary/aromatic N) is 2. The van der Waals surface area contributed by atoms with Gasteiger partial charge in [0.25, 0.3) is 0 Å². The van der Waals surface area contributed by atoms with E-state index in [0.29, 0.717) is 16.6 Å². The van der Waals surface area contributed by atoms with Crippen LogP contribution >= 0.6 is 11.3 Å². The molecule has 0 aliphatic heterocycles. The summed E-state index contributed by atoms with van der Waals surface area (Å²) < 4.78 is 39.9. The van der Waals surface area contributed by atoms with Crippen LogP contribution in [0.25, 0.3) is 11.3 Å². The summed E-state index contributed by atoms with van der Waals surface area (Å²) in [5, 5.41) is 16.4. The number of hydrogen-bond acceptors (Lipinski definition) is 9. The van der Waals surface area contributed by atoms with Gasteiger partial charge < -0.3 is 25.6 Å². The van der Waals surface area contributed by atoms with Crippen molar-refractivity contribution in [3.63, 3.8) is 0 Å². The third kappa shape index (κ3) is 9.27. The van der Waals surface area contributed by atoms with Crippen LogP contribution in [0.3, 0.4) is 0 Å². The van der Waals surface area contributed by atoms with Gasteiger partial charge in [-0.3, -0.25) is 0 Å². The molecule has 10 nitrogen and oxygen atoms in total. The van der Waals surface area contributed by atoms with E-state index >= 15 is 0 Å². The number of hydrogen-bond donors (Lipinski definition) is 3. The zero-order valence-electron chi connectivity index (χ0n) is 25.8. The van der Waals surface area contributed by atoms with Crippen LogP contribution in [0.2, 0.25) is 0 Å². The van der Waals surface area contributed by atoms with E-state index < -0.39 is 28.3 Å². The van der Waals surface area contributed by atoms with Gasteiger partial charge in [-0.1, -0.05) is 74.5 Å². The average Bonchev–Trinajstić information content (AvgIpc) is 3.44. The molecule has 0 aliphatic rings. The largest absolute Gasteiger partial charge is 0.457 e. The highest BCUT2D eigenvalue weighted by atomic mass is 32.2. The van der Waals surface area contributed by atoms with Gasteiger partial charge in [0.2, 0.25) is 16.8 Å². The molecular formula is C33H40N4O6S2. The number of sulfonamides is 1. The number of aromatic nitrogens is 1. The number of para-hydroxylation sites is 1. The lowest BCUT2D eigenvalue weighted by Gasteiger charge is -2.30. The van der Waals surface area contributed by atoms with Crippen molar-refractivity contribution in [1.29, 1.82) is 0 Å². The number of alkyl carbamates (subject to hydrolysis) is 1. The van der Waals surface area contributed by atoms with Crippen molar-refractivity contribution in [3.05, 3.63) is 94.9 Å². The van der Waals surface area contributed by atoms with E-state index in [4.69, 9.17) is 15.2 Å². The van der Waals surface area contributed by atoms with Crippen molar-refractivity contribution < 1.29 is 27.8 Å². The van der Waals surface area contributed by atoms with Gasteiger partial charge in [-0.05, 0) is 55.0 Å². The summed E-state index contributed by atoms with van der Waals surface area (Å²) in [5.41, 5.74) is 9.82. The molecule has 0 spiro atoms. The van der Waals surface area contributed by atoms with Gasteiger partial charge in [0, 0.05) is 24.0 Å². The van der Waals surface area contributed by atoms with E-state index in [1.165, 1.54) is 27.8 Å². The Morgan fingerprint density at radius 3 is 2.27 bits per heavy atom. The highest BCUT2D eigenvalue weighted by molar-refractivity contribution is 7.89. The summed E-state index contributed by atoms with van der Waals surface area (Å²) in [7, 11) is -4.01. The first kappa shape index (κ1) is 33.9. The summed E-state index contributed by atoms with van der Waals surface area (Å²) in [5.74, 6) is 0.598. The molecule has 2 atom stereocenters. The van der Waals surface area contributed by atoms with Gasteiger partial charge >= 0.3 is 6.09 Å². The van der Waals surface area contributed by atoms with Crippen molar-refractivity contribution >= 4 is 32.6 Å². The first-order valence-electron chi connectivity index (χ1n) is 14.6. The standard InChI is InChI=1S/C33H40N4O6S2/c1-22(2)18-37(45(40,41)27-15-13-26(14-16-27)29-20-44-32(34)35-29)19-30(38)28(17-25-11-6-5-7-12-25)36-33(39)43-21-42-31-23(3)9-8-10-24(31)4/h5-16,20,22,28,30,38H,17-19,21H2,1-4H3,(H2,34,35)(H,36,39)/t28-,30-/m0/s1. The van der Waals surface area contributed by atoms with Crippen LogP contribution in [-0.2, 0) is 21.2 Å². The Kier molecular flexibility index (Phi) is 11.6. The summed E-state index contributed by atoms with van der Waals surface area (Å²) >= 11 is 1.31. The van der Waals surface area contributed by atoms with Crippen LogP contribution < -0.4 is 15.8 Å². The summed E-state index contributed by atoms with van der Waals surface area (Å²) in [6.07, 6.45) is -1.81. The third-order valence-electron chi connectivity index (χ3n) is 7.14. The van der Waals surface area contributed by atoms with Crippen LogP contribution in [0.4, 0.5) is 9.93 Å². The fourth-order valence-electron chi connectivity index (χ4n) is 4.89. The Morgan fingerprint density at radius 2 is 1.67 bits per heavy atom. The average molecular weight is 653 g/mol. The lowest BCUT2D eigenvalue weighted by Crippen LogP contribution is -2.51. The van der Waals surface area contributed by atoms with Gasteiger partial charge in [-0.15, -0.1) is 11.3 Å². The van der Waals surface area contributed by atoms with Crippen molar-refractivity contribution in [2.75, 3.05) is 25.6 Å². The second kappa shape index (κ2) is 15.3. The molecule has 4 rings (SSSR count). The number of nitrogens with two attached hydrogens (primary N) is 1. The molecule has 12 heteroatoms. The van der Waals surface area contributed by atoms with Crippen molar-refractivity contribution in [1.82, 2.24) is 14.6 Å². The minimum atomic E-state index is -4.01. The third-order valence-corrected chi connectivity index (χ3v) is 9.66. The second-order valence-corrected chi connectivity index (χ2v) is 14.1. The number of anilines is 1. The van der Waals surface area contributed by atoms with E-state index in [9.17, 15) is 18.3 Å². The van der Waals surface area contributed by atoms with Crippen molar-refractivity contribution in [2.24, 2.45) is 5.92 Å².